The molecule has 0 aliphatic carbocycles. The van der Waals surface area contributed by atoms with Gasteiger partial charge in [0, 0.05) is 51.9 Å². The van der Waals surface area contributed by atoms with Crippen molar-refractivity contribution in [3.63, 3.8) is 0 Å². The Bertz CT molecular complexity index is 655. The van der Waals surface area contributed by atoms with Gasteiger partial charge in [0.15, 0.2) is 11.5 Å². The van der Waals surface area contributed by atoms with Gasteiger partial charge in [-0.05, 0) is 24.5 Å². The number of carbonyl (C=O) groups excluding carboxylic acids is 1. The molecule has 0 radical (unpaired) electrons. The molecule has 150 valence electrons. The summed E-state index contributed by atoms with van der Waals surface area (Å²) in [7, 11) is 3.00. The molecule has 9 nitrogen and oxygen atoms in total. The highest BCUT2D eigenvalue weighted by molar-refractivity contribution is 5.74. The summed E-state index contributed by atoms with van der Waals surface area (Å²) in [6.45, 7) is 4.89. The molecule has 2 saturated heterocycles. The first-order valence-corrected chi connectivity index (χ1v) is 9.20. The molecule has 1 aromatic carbocycles. The van der Waals surface area contributed by atoms with Crippen LogP contribution in [0.25, 0.3) is 0 Å². The molecule has 9 heteroatoms. The van der Waals surface area contributed by atoms with Crippen LogP contribution >= 0.6 is 0 Å². The van der Waals surface area contributed by atoms with Crippen molar-refractivity contribution in [3.8, 4) is 11.5 Å². The maximum atomic E-state index is 12.5. The molecule has 0 atom stereocenters. The standard InChI is InChI=1S/C18H27N4O5/c1-26-16-11-14(15(22(24)25)12-17(16)27-2)13-19-7-9-21(10-8-19)18(23)20-5-3-4-6-20/h11-12,24H,3-10,13H2,1-2H3/q-1. The number of ether oxygens (including phenoxy) is 2. The number of amides is 2. The van der Waals surface area contributed by atoms with Crippen LogP contribution in [-0.2, 0) is 6.54 Å². The summed E-state index contributed by atoms with van der Waals surface area (Å²) in [6.07, 6.45) is 2.17. The van der Waals surface area contributed by atoms with E-state index in [0.29, 0.717) is 49.8 Å². The molecular weight excluding hydrogens is 352 g/mol. The van der Waals surface area contributed by atoms with E-state index in [-0.39, 0.29) is 16.9 Å². The third-order valence-corrected chi connectivity index (χ3v) is 5.20. The van der Waals surface area contributed by atoms with Crippen LogP contribution in [0.5, 0.6) is 11.5 Å². The van der Waals surface area contributed by atoms with Crippen LogP contribution in [0.15, 0.2) is 12.1 Å². The number of methoxy groups -OCH3 is 2. The highest BCUT2D eigenvalue weighted by atomic mass is 16.8. The quantitative estimate of drug-likeness (QED) is 0.779. The summed E-state index contributed by atoms with van der Waals surface area (Å²) in [5, 5.41) is 20.9. The highest BCUT2D eigenvalue weighted by Gasteiger charge is 2.27. The summed E-state index contributed by atoms with van der Waals surface area (Å²) >= 11 is 0. The smallest absolute Gasteiger partial charge is 0.320 e. The van der Waals surface area contributed by atoms with Crippen molar-refractivity contribution in [3.05, 3.63) is 22.9 Å². The van der Waals surface area contributed by atoms with Crippen LogP contribution < -0.4 is 14.7 Å². The number of carbonyl (C=O) groups is 1. The van der Waals surface area contributed by atoms with Crippen molar-refractivity contribution in [2.75, 3.05) is 58.7 Å². The molecule has 2 amide bonds. The van der Waals surface area contributed by atoms with Crippen molar-refractivity contribution in [2.24, 2.45) is 0 Å². The number of benzene rings is 1. The lowest BCUT2D eigenvalue weighted by atomic mass is 10.1. The maximum absolute atomic E-state index is 12.5. The fraction of sp³-hybridized carbons (Fsp3) is 0.611. The van der Waals surface area contributed by atoms with Crippen LogP contribution in [0.4, 0.5) is 10.5 Å². The van der Waals surface area contributed by atoms with Gasteiger partial charge in [0.25, 0.3) is 0 Å². The lowest BCUT2D eigenvalue weighted by Gasteiger charge is -2.37. The summed E-state index contributed by atoms with van der Waals surface area (Å²) in [5.41, 5.74) is 0.771. The molecule has 0 unspecified atom stereocenters. The normalized spacial score (nSPS) is 17.9. The number of likely N-dealkylation sites (tertiary alicyclic amines) is 1. The minimum absolute atomic E-state index is 0.125. The topological polar surface area (TPSA) is 91.8 Å². The Morgan fingerprint density at radius 3 is 2.15 bits per heavy atom. The molecule has 2 heterocycles. The van der Waals surface area contributed by atoms with Crippen LogP contribution in [-0.4, -0.2) is 79.4 Å². The lowest BCUT2D eigenvalue weighted by Crippen LogP contribution is -2.52. The van der Waals surface area contributed by atoms with E-state index in [2.05, 4.69) is 4.90 Å². The van der Waals surface area contributed by atoms with E-state index in [1.807, 2.05) is 9.80 Å². The number of hydrogen-bond donors (Lipinski definition) is 1. The average Bonchev–Trinajstić information content (AvgIpc) is 3.22. The van der Waals surface area contributed by atoms with Crippen molar-refractivity contribution in [1.29, 1.82) is 0 Å². The van der Waals surface area contributed by atoms with E-state index in [4.69, 9.17) is 9.47 Å². The van der Waals surface area contributed by atoms with Gasteiger partial charge in [0.05, 0.1) is 19.9 Å². The fourth-order valence-electron chi connectivity index (χ4n) is 3.66. The van der Waals surface area contributed by atoms with E-state index in [1.165, 1.54) is 20.3 Å². The zero-order chi connectivity index (χ0) is 19.4. The minimum atomic E-state index is -0.148. The molecule has 2 fully saturated rings. The second-order valence-electron chi connectivity index (χ2n) is 6.85. The molecule has 27 heavy (non-hydrogen) atoms. The number of anilines is 1. The monoisotopic (exact) mass is 379 g/mol. The largest absolute Gasteiger partial charge is 0.733 e. The average molecular weight is 379 g/mol. The summed E-state index contributed by atoms with van der Waals surface area (Å²) in [6, 6.07) is 3.30. The first-order valence-electron chi connectivity index (χ1n) is 9.20. The maximum Gasteiger partial charge on any atom is 0.320 e. The van der Waals surface area contributed by atoms with Gasteiger partial charge in [0.1, 0.15) is 0 Å². The summed E-state index contributed by atoms with van der Waals surface area (Å²) in [4.78, 5) is 18.5. The second-order valence-corrected chi connectivity index (χ2v) is 6.85. The van der Waals surface area contributed by atoms with Crippen molar-refractivity contribution in [1.82, 2.24) is 14.7 Å². The number of nitrogens with zero attached hydrogens (tertiary/aromatic N) is 4. The molecule has 0 bridgehead atoms. The number of urea groups is 1. The number of hydrogen-bond acceptors (Lipinski definition) is 7. The van der Waals surface area contributed by atoms with Gasteiger partial charge in [-0.15, -0.1) is 0 Å². The molecule has 0 aromatic heterocycles. The fourth-order valence-corrected chi connectivity index (χ4v) is 3.66. The van der Waals surface area contributed by atoms with Gasteiger partial charge >= 0.3 is 6.03 Å². The Hall–Kier alpha value is -2.23. The van der Waals surface area contributed by atoms with Gasteiger partial charge in [-0.25, -0.2) is 4.79 Å². The Balaban J connectivity index is 1.65. The Kier molecular flexibility index (Phi) is 6.25. The second kappa shape index (κ2) is 8.64. The van der Waals surface area contributed by atoms with E-state index in [9.17, 15) is 15.2 Å². The Morgan fingerprint density at radius 2 is 1.59 bits per heavy atom. The van der Waals surface area contributed by atoms with Crippen LogP contribution in [0.1, 0.15) is 18.4 Å². The number of piperazine rings is 1. The molecule has 0 spiro atoms. The van der Waals surface area contributed by atoms with E-state index >= 15 is 0 Å². The molecule has 3 rings (SSSR count). The molecule has 2 aliphatic rings. The van der Waals surface area contributed by atoms with E-state index < -0.39 is 0 Å². The molecular formula is C18H27N4O5-. The Labute approximate surface area is 159 Å². The molecule has 2 aliphatic heterocycles. The SMILES string of the molecule is COc1cc(CN2CCN(C(=O)N3CCCC3)CC2)c(N([O-])O)cc1OC. The summed E-state index contributed by atoms with van der Waals surface area (Å²) in [5.74, 6) is 0.883. The predicted molar refractivity (Wildman–Crippen MR) is 100 cm³/mol. The third kappa shape index (κ3) is 4.37. The van der Waals surface area contributed by atoms with Gasteiger partial charge in [0.2, 0.25) is 0 Å². The lowest BCUT2D eigenvalue weighted by molar-refractivity contribution is 0.115. The van der Waals surface area contributed by atoms with Crippen LogP contribution in [0, 0.1) is 5.21 Å². The summed E-state index contributed by atoms with van der Waals surface area (Å²) < 4.78 is 10.5. The van der Waals surface area contributed by atoms with E-state index in [0.717, 1.165) is 25.9 Å². The predicted octanol–water partition coefficient (Wildman–Crippen LogP) is 1.73. The molecule has 1 N–H and O–H groups in total. The van der Waals surface area contributed by atoms with Gasteiger partial charge < -0.3 is 29.7 Å². The zero-order valence-corrected chi connectivity index (χ0v) is 15.9. The van der Waals surface area contributed by atoms with Crippen molar-refractivity contribution < 1.29 is 19.5 Å². The minimum Gasteiger partial charge on any atom is -0.733 e. The van der Waals surface area contributed by atoms with Crippen molar-refractivity contribution in [2.45, 2.75) is 19.4 Å². The van der Waals surface area contributed by atoms with Gasteiger partial charge in [-0.2, -0.15) is 0 Å². The molecule has 0 saturated carbocycles. The van der Waals surface area contributed by atoms with Gasteiger partial charge in [-0.1, -0.05) is 0 Å². The zero-order valence-electron chi connectivity index (χ0n) is 15.9. The first-order chi connectivity index (χ1) is 13.0. The third-order valence-electron chi connectivity index (χ3n) is 5.20. The number of rotatable bonds is 5. The van der Waals surface area contributed by atoms with Crippen LogP contribution in [0.2, 0.25) is 0 Å². The van der Waals surface area contributed by atoms with Crippen molar-refractivity contribution >= 4 is 11.7 Å². The van der Waals surface area contributed by atoms with E-state index in [1.54, 1.807) is 6.07 Å². The molecule has 1 aromatic rings. The van der Waals surface area contributed by atoms with Gasteiger partial charge in [-0.3, -0.25) is 10.1 Å². The van der Waals surface area contributed by atoms with Crippen LogP contribution in [0.3, 0.4) is 0 Å². The Morgan fingerprint density at radius 1 is 1.04 bits per heavy atom. The highest BCUT2D eigenvalue weighted by Crippen LogP contribution is 2.35. The first kappa shape index (κ1) is 19.5.